The molecule has 1 amide bonds. The van der Waals surface area contributed by atoms with Crippen LogP contribution in [0.5, 0.6) is 0 Å². The molecule has 5 aromatic rings. The molecule has 33 heavy (non-hydrogen) atoms. The number of benzene rings is 2. The largest absolute Gasteiger partial charge is 0.342 e. The van der Waals surface area contributed by atoms with E-state index in [0.717, 1.165) is 36.3 Å². The summed E-state index contributed by atoms with van der Waals surface area (Å²) in [5.41, 5.74) is 2.71. The van der Waals surface area contributed by atoms with E-state index in [1.54, 1.807) is 18.3 Å². The number of hydrogen-bond donors (Lipinski definition) is 1. The van der Waals surface area contributed by atoms with Gasteiger partial charge in [0.05, 0.1) is 16.0 Å². The highest BCUT2D eigenvalue weighted by molar-refractivity contribution is 8.00. The summed E-state index contributed by atoms with van der Waals surface area (Å²) in [6, 6.07) is 17.9. The fourth-order valence-electron chi connectivity index (χ4n) is 3.34. The first-order valence-corrected chi connectivity index (χ1v) is 12.7. The summed E-state index contributed by atoms with van der Waals surface area (Å²) < 4.78 is 14.2. The van der Waals surface area contributed by atoms with E-state index in [1.807, 2.05) is 41.8 Å². The summed E-state index contributed by atoms with van der Waals surface area (Å²) in [7, 11) is 0. The Kier molecular flexibility index (Phi) is 6.43. The van der Waals surface area contributed by atoms with Gasteiger partial charge in [0.1, 0.15) is 28.2 Å². The maximum absolute atomic E-state index is 13.3. The normalized spacial score (nSPS) is 12.0. The number of carbonyl (C=O) groups excluding carboxylic acids is 1. The van der Waals surface area contributed by atoms with Crippen LogP contribution in [0, 0.1) is 5.82 Å². The zero-order valence-corrected chi connectivity index (χ0v) is 19.6. The number of thiazole rings is 1. The summed E-state index contributed by atoms with van der Waals surface area (Å²) in [5, 5.41) is 6.59. The second-order valence-corrected chi connectivity index (χ2v) is 10.0. The van der Waals surface area contributed by atoms with Crippen molar-refractivity contribution in [2.75, 3.05) is 5.75 Å². The third-order valence-corrected chi connectivity index (χ3v) is 8.02. The molecule has 1 atom stereocenters. The summed E-state index contributed by atoms with van der Waals surface area (Å²) in [6.45, 7) is 0. The highest BCUT2D eigenvalue weighted by atomic mass is 32.2. The van der Waals surface area contributed by atoms with Crippen LogP contribution in [0.4, 0.5) is 4.39 Å². The van der Waals surface area contributed by atoms with E-state index in [1.165, 1.54) is 52.9 Å². The van der Waals surface area contributed by atoms with E-state index in [0.29, 0.717) is 0 Å². The molecule has 5 nitrogen and oxygen atoms in total. The van der Waals surface area contributed by atoms with E-state index >= 15 is 0 Å². The lowest BCUT2D eigenvalue weighted by Crippen LogP contribution is -2.30. The van der Waals surface area contributed by atoms with Crippen molar-refractivity contribution < 1.29 is 9.18 Å². The number of thiophene rings is 1. The van der Waals surface area contributed by atoms with Gasteiger partial charge in [0, 0.05) is 16.5 Å². The fraction of sp³-hybridized carbons (Fsp3) is 0.0833. The number of amides is 1. The van der Waals surface area contributed by atoms with Crippen molar-refractivity contribution in [2.45, 2.75) is 11.1 Å². The van der Waals surface area contributed by atoms with Crippen LogP contribution in [-0.4, -0.2) is 26.6 Å². The molecule has 0 radical (unpaired) electrons. The van der Waals surface area contributed by atoms with E-state index in [2.05, 4.69) is 20.3 Å². The van der Waals surface area contributed by atoms with Crippen LogP contribution in [0.1, 0.15) is 16.6 Å². The first kappa shape index (κ1) is 21.7. The minimum absolute atomic E-state index is 0.105. The number of hydrogen-bond acceptors (Lipinski definition) is 7. The smallest absolute Gasteiger partial charge is 0.231 e. The highest BCUT2D eigenvalue weighted by Gasteiger charge is 2.20. The summed E-state index contributed by atoms with van der Waals surface area (Å²) in [5.74, 6) is -0.162. The SMILES string of the molecule is O=C(CSc1ncnc2cc(-c3ccc(F)cc3)sc12)NC(c1ccccc1)c1nccs1. The first-order valence-electron chi connectivity index (χ1n) is 10.0. The molecular weight excluding hydrogens is 475 g/mol. The van der Waals surface area contributed by atoms with Crippen molar-refractivity contribution in [3.8, 4) is 10.4 Å². The Morgan fingerprint density at radius 2 is 1.88 bits per heavy atom. The number of aromatic nitrogens is 3. The predicted molar refractivity (Wildman–Crippen MR) is 132 cm³/mol. The number of nitrogens with one attached hydrogen (secondary N) is 1. The molecule has 2 aromatic carbocycles. The molecular formula is C24H17FN4OS3. The van der Waals surface area contributed by atoms with Gasteiger partial charge in [-0.2, -0.15) is 0 Å². The Morgan fingerprint density at radius 1 is 1.06 bits per heavy atom. The molecule has 1 unspecified atom stereocenters. The number of halogens is 1. The maximum atomic E-state index is 13.3. The van der Waals surface area contributed by atoms with Crippen LogP contribution in [0.25, 0.3) is 20.7 Å². The molecule has 0 spiro atoms. The molecule has 3 heterocycles. The molecule has 0 aliphatic carbocycles. The molecule has 164 valence electrons. The summed E-state index contributed by atoms with van der Waals surface area (Å²) >= 11 is 4.42. The second-order valence-electron chi connectivity index (χ2n) is 7.08. The summed E-state index contributed by atoms with van der Waals surface area (Å²) in [4.78, 5) is 27.0. The Balaban J connectivity index is 1.33. The maximum Gasteiger partial charge on any atom is 0.231 e. The molecule has 9 heteroatoms. The van der Waals surface area contributed by atoms with Crippen molar-refractivity contribution in [2.24, 2.45) is 0 Å². The van der Waals surface area contributed by atoms with Gasteiger partial charge >= 0.3 is 0 Å². The minimum atomic E-state index is -0.295. The van der Waals surface area contributed by atoms with E-state index < -0.39 is 0 Å². The van der Waals surface area contributed by atoms with E-state index in [4.69, 9.17) is 0 Å². The van der Waals surface area contributed by atoms with E-state index in [-0.39, 0.29) is 23.5 Å². The van der Waals surface area contributed by atoms with Gasteiger partial charge in [-0.05, 0) is 29.3 Å². The van der Waals surface area contributed by atoms with Gasteiger partial charge in [-0.1, -0.05) is 54.2 Å². The Labute approximate surface area is 201 Å². The number of thioether (sulfide) groups is 1. The Bertz CT molecular complexity index is 1370. The zero-order chi connectivity index (χ0) is 22.6. The topological polar surface area (TPSA) is 67.8 Å². The third kappa shape index (κ3) is 4.95. The lowest BCUT2D eigenvalue weighted by Gasteiger charge is -2.17. The molecule has 3 aromatic heterocycles. The molecule has 0 saturated heterocycles. The van der Waals surface area contributed by atoms with Crippen LogP contribution in [0.3, 0.4) is 0 Å². The standard InChI is InChI=1S/C24H17FN4OS3/c25-17-8-6-15(7-9-17)19-12-18-22(33-19)24(28-14-27-18)32-13-20(30)29-21(23-26-10-11-31-23)16-4-2-1-3-5-16/h1-12,14,21H,13H2,(H,29,30). The van der Waals surface area contributed by atoms with Crippen molar-refractivity contribution in [1.29, 1.82) is 0 Å². The van der Waals surface area contributed by atoms with Crippen molar-refractivity contribution in [3.63, 3.8) is 0 Å². The van der Waals surface area contributed by atoms with Crippen molar-refractivity contribution in [3.05, 3.63) is 95.0 Å². The van der Waals surface area contributed by atoms with Gasteiger partial charge in [-0.15, -0.1) is 22.7 Å². The van der Waals surface area contributed by atoms with Gasteiger partial charge in [0.2, 0.25) is 5.91 Å². The highest BCUT2D eigenvalue weighted by Crippen LogP contribution is 2.37. The number of fused-ring (bicyclic) bond motifs is 1. The number of nitrogens with zero attached hydrogens (tertiary/aromatic N) is 3. The monoisotopic (exact) mass is 492 g/mol. The van der Waals surface area contributed by atoms with Crippen LogP contribution in [-0.2, 0) is 4.79 Å². The van der Waals surface area contributed by atoms with Gasteiger partial charge in [0.25, 0.3) is 0 Å². The molecule has 0 aliphatic heterocycles. The Hall–Kier alpha value is -3.14. The molecule has 0 aliphatic rings. The van der Waals surface area contributed by atoms with Gasteiger partial charge in [-0.25, -0.2) is 19.3 Å². The number of carbonyl (C=O) groups is 1. The first-order chi connectivity index (χ1) is 16.2. The summed E-state index contributed by atoms with van der Waals surface area (Å²) in [6.07, 6.45) is 3.25. The average Bonchev–Trinajstić information content (AvgIpc) is 3.53. The molecule has 0 bridgehead atoms. The second kappa shape index (κ2) is 9.78. The lowest BCUT2D eigenvalue weighted by molar-refractivity contribution is -0.119. The van der Waals surface area contributed by atoms with Crippen molar-refractivity contribution >= 4 is 50.6 Å². The van der Waals surface area contributed by atoms with Crippen molar-refractivity contribution in [1.82, 2.24) is 20.3 Å². The Morgan fingerprint density at radius 3 is 2.64 bits per heavy atom. The van der Waals surface area contributed by atoms with Crippen LogP contribution in [0.2, 0.25) is 0 Å². The lowest BCUT2D eigenvalue weighted by atomic mass is 10.1. The van der Waals surface area contributed by atoms with E-state index in [9.17, 15) is 9.18 Å². The van der Waals surface area contributed by atoms with Gasteiger partial charge in [-0.3, -0.25) is 4.79 Å². The zero-order valence-electron chi connectivity index (χ0n) is 17.1. The quantitative estimate of drug-likeness (QED) is 0.225. The van der Waals surface area contributed by atoms with Gasteiger partial charge in [0.15, 0.2) is 0 Å². The predicted octanol–water partition coefficient (Wildman–Crippen LogP) is 5.95. The minimum Gasteiger partial charge on any atom is -0.342 e. The average molecular weight is 493 g/mol. The molecule has 1 N–H and O–H groups in total. The van der Waals surface area contributed by atoms with Crippen LogP contribution in [0.15, 0.2) is 83.6 Å². The fourth-order valence-corrected chi connectivity index (χ4v) is 6.06. The molecule has 5 rings (SSSR count). The molecule has 0 saturated carbocycles. The third-order valence-electron chi connectivity index (χ3n) is 4.88. The van der Waals surface area contributed by atoms with Crippen LogP contribution >= 0.6 is 34.4 Å². The number of rotatable bonds is 7. The van der Waals surface area contributed by atoms with Gasteiger partial charge < -0.3 is 5.32 Å². The van der Waals surface area contributed by atoms with Crippen LogP contribution < -0.4 is 5.32 Å². The molecule has 0 fully saturated rings.